The molecule has 7 aliphatic heterocycles. The largest absolute Gasteiger partial charge is 0.394 e. The number of nitrogens with one attached hydrogen (secondary N) is 3. The summed E-state index contributed by atoms with van der Waals surface area (Å²) in [6.07, 6.45) is -61.1. The van der Waals surface area contributed by atoms with Gasteiger partial charge in [-0.15, -0.1) is 0 Å². The van der Waals surface area contributed by atoms with Crippen molar-refractivity contribution in [2.24, 2.45) is 0 Å². The van der Waals surface area contributed by atoms with E-state index in [4.69, 9.17) is 61.6 Å². The number of amides is 3. The van der Waals surface area contributed by atoms with Gasteiger partial charge in [-0.25, -0.2) is 0 Å². The molecule has 504 valence electrons. The van der Waals surface area contributed by atoms with Crippen LogP contribution in [0.2, 0.25) is 0 Å². The summed E-state index contributed by atoms with van der Waals surface area (Å²) in [5, 5.41) is 222. The Kier molecular flexibility index (Phi) is 25.6. The molecule has 0 aromatic carbocycles. The number of rotatable bonds is 22. The summed E-state index contributed by atoms with van der Waals surface area (Å²) in [4.78, 5) is 37.7. The second-order valence-electron chi connectivity index (χ2n) is 21.9. The van der Waals surface area contributed by atoms with Gasteiger partial charge >= 0.3 is 0 Å². The van der Waals surface area contributed by atoms with Crippen LogP contribution in [0.25, 0.3) is 0 Å². The van der Waals surface area contributed by atoms with Gasteiger partial charge in [0.15, 0.2) is 44.0 Å². The highest BCUT2D eigenvalue weighted by atomic mass is 16.8. The Morgan fingerprint density at radius 1 is 0.299 bits per heavy atom. The molecule has 35 atom stereocenters. The summed E-state index contributed by atoms with van der Waals surface area (Å²) in [5.74, 6) is -2.50. The van der Waals surface area contributed by atoms with E-state index in [2.05, 4.69) is 16.0 Å². The second-order valence-corrected chi connectivity index (χ2v) is 21.9. The van der Waals surface area contributed by atoms with Crippen molar-refractivity contribution >= 4 is 17.7 Å². The standard InChI is InChI=1S/C48H81N3O36/c1-11(56)49-21-29(64)24(59)14(4-52)79-43(21)76-10-20-28(63)41(87-45-23(51-13(3)58)31(66)40(17(7-55)82-45)85-47-37(72)33(68)25(60)15(5-53)80-47)38(73)48(84-20)86-39-16(6-54)81-44(22(30(39)65)50-12(2)57)75-9-19-27(62)34(69)36(71)46(83-19)77-8-18-26(61)32(67)35(70)42(74)78-18/h14-48,52-55,59-74H,4-10H2,1-3H3,(H,49,56)(H,50,57)(H,51,58)/t14-,15-,16-,17-,18-,19-,20-,21-,22-,23-,24-,25+,26-,27-,28+,29-,30-,31-,32+,33+,34+,35+,36+,37-,38-,39-,40-,41+,42-,43-,44-,45+,46+,47+,48+/m1/s1. The van der Waals surface area contributed by atoms with E-state index in [-0.39, 0.29) is 0 Å². The zero-order valence-corrected chi connectivity index (χ0v) is 46.6. The Hall–Kier alpha value is -2.91. The molecule has 0 aliphatic carbocycles. The minimum Gasteiger partial charge on any atom is -0.394 e. The van der Waals surface area contributed by atoms with Gasteiger partial charge in [0, 0.05) is 20.8 Å². The number of aliphatic hydroxyl groups excluding tert-OH is 20. The van der Waals surface area contributed by atoms with Gasteiger partial charge in [-0.1, -0.05) is 0 Å². The van der Waals surface area contributed by atoms with E-state index in [0.717, 1.165) is 20.8 Å². The minimum absolute atomic E-state index is 0.748. The molecule has 7 heterocycles. The first-order valence-electron chi connectivity index (χ1n) is 27.6. The van der Waals surface area contributed by atoms with Gasteiger partial charge in [-0.05, 0) is 0 Å². The first kappa shape index (κ1) is 71.5. The van der Waals surface area contributed by atoms with Gasteiger partial charge in [0.1, 0.15) is 171 Å². The first-order chi connectivity index (χ1) is 41.1. The third-order valence-electron chi connectivity index (χ3n) is 15.7. The first-order valence-corrected chi connectivity index (χ1v) is 27.6. The summed E-state index contributed by atoms with van der Waals surface area (Å²) < 4.78 is 74.8. The van der Waals surface area contributed by atoms with Gasteiger partial charge < -0.3 is 180 Å². The van der Waals surface area contributed by atoms with Crippen molar-refractivity contribution in [1.29, 1.82) is 0 Å². The number of ether oxygens (including phenoxy) is 13. The van der Waals surface area contributed by atoms with Gasteiger partial charge in [0.2, 0.25) is 17.7 Å². The quantitative estimate of drug-likeness (QED) is 0.0479. The van der Waals surface area contributed by atoms with E-state index in [0.29, 0.717) is 0 Å². The van der Waals surface area contributed by atoms with Gasteiger partial charge in [-0.3, -0.25) is 14.4 Å². The van der Waals surface area contributed by atoms with Crippen molar-refractivity contribution in [2.45, 2.75) is 236 Å². The molecule has 7 fully saturated rings. The average Bonchev–Trinajstić information content (AvgIpc) is 2.22. The Bertz CT molecular complexity index is 2190. The molecule has 0 radical (unpaired) electrons. The van der Waals surface area contributed by atoms with Crippen LogP contribution in [0.1, 0.15) is 20.8 Å². The molecule has 7 aliphatic rings. The zero-order valence-electron chi connectivity index (χ0n) is 46.6. The summed E-state index contributed by atoms with van der Waals surface area (Å²) in [7, 11) is 0. The maximum absolute atomic E-state index is 12.7. The molecule has 0 aromatic heterocycles. The molecule has 0 spiro atoms. The van der Waals surface area contributed by atoms with E-state index < -0.39 is 279 Å². The van der Waals surface area contributed by atoms with Gasteiger partial charge in [0.25, 0.3) is 0 Å². The van der Waals surface area contributed by atoms with E-state index >= 15 is 0 Å². The van der Waals surface area contributed by atoms with E-state index in [1.165, 1.54) is 0 Å². The van der Waals surface area contributed by atoms with Crippen LogP contribution in [0.4, 0.5) is 0 Å². The van der Waals surface area contributed by atoms with E-state index in [9.17, 15) is 117 Å². The molecule has 7 saturated heterocycles. The second kappa shape index (κ2) is 31.1. The number of aliphatic hydroxyl groups is 20. The third-order valence-corrected chi connectivity index (χ3v) is 15.7. The molecule has 7 rings (SSSR count). The summed E-state index contributed by atoms with van der Waals surface area (Å²) in [6.45, 7) is -3.43. The highest BCUT2D eigenvalue weighted by molar-refractivity contribution is 5.74. The summed E-state index contributed by atoms with van der Waals surface area (Å²) in [6, 6.07) is -5.17. The number of hydrogen-bond acceptors (Lipinski definition) is 36. The lowest BCUT2D eigenvalue weighted by Crippen LogP contribution is -2.70. The lowest BCUT2D eigenvalue weighted by Gasteiger charge is -2.50. The smallest absolute Gasteiger partial charge is 0.217 e. The van der Waals surface area contributed by atoms with Crippen LogP contribution >= 0.6 is 0 Å². The average molecular weight is 1280 g/mol. The third kappa shape index (κ3) is 16.1. The molecule has 3 amide bonds. The van der Waals surface area contributed by atoms with Gasteiger partial charge in [0.05, 0.1) is 46.2 Å². The SMILES string of the molecule is CC(=O)N[C@H]1[C@H](O[C@H]2[C@@H](O)[C@@H](CO[C@@H]3O[C@H](CO)[C@@H](O)[C@H](O)[C@H]3NC(C)=O)O[C@@H](O[C@H]3[C@H](O)[C@@H](NC(C)=O)[C@H](OC[C@H]4O[C@H](OC[C@H]5O[C@@H](O)[C@@H](O)[C@@H](O)[C@@H]5O)[C@@H](O)[C@@H](O)[C@@H]4O)O[C@@H]3CO)[C@@H]2O)O[C@H](CO)[C@@H](O[C@@H]2O[C@H](CO)[C@H](O)[C@H](O)[C@H]2O)[C@@H]1O. The Morgan fingerprint density at radius 3 is 1.08 bits per heavy atom. The van der Waals surface area contributed by atoms with Crippen LogP contribution < -0.4 is 16.0 Å². The molecular weight excluding hydrogens is 1190 g/mol. The van der Waals surface area contributed by atoms with Crippen LogP contribution in [0.5, 0.6) is 0 Å². The number of carbonyl (C=O) groups excluding carboxylic acids is 3. The van der Waals surface area contributed by atoms with Crippen molar-refractivity contribution < 1.29 is 178 Å². The van der Waals surface area contributed by atoms with Crippen molar-refractivity contribution in [3.63, 3.8) is 0 Å². The molecule has 87 heavy (non-hydrogen) atoms. The maximum atomic E-state index is 12.7. The minimum atomic E-state index is -2.34. The summed E-state index contributed by atoms with van der Waals surface area (Å²) in [5.41, 5.74) is 0. The van der Waals surface area contributed by atoms with Crippen LogP contribution in [0.3, 0.4) is 0 Å². The van der Waals surface area contributed by atoms with Crippen molar-refractivity contribution in [3.8, 4) is 0 Å². The Morgan fingerprint density at radius 2 is 0.609 bits per heavy atom. The fourth-order valence-electron chi connectivity index (χ4n) is 10.9. The Labute approximate surface area is 492 Å². The lowest BCUT2D eigenvalue weighted by molar-refractivity contribution is -0.381. The van der Waals surface area contributed by atoms with E-state index in [1.54, 1.807) is 0 Å². The molecule has 0 unspecified atom stereocenters. The number of carbonyl (C=O) groups is 3. The fourth-order valence-corrected chi connectivity index (χ4v) is 10.9. The van der Waals surface area contributed by atoms with Crippen molar-refractivity contribution in [3.05, 3.63) is 0 Å². The monoisotopic (exact) mass is 1280 g/mol. The zero-order chi connectivity index (χ0) is 64.2. The molecule has 23 N–H and O–H groups in total. The molecular formula is C48H81N3O36. The predicted octanol–water partition coefficient (Wildman–Crippen LogP) is -15.8. The van der Waals surface area contributed by atoms with Crippen LogP contribution in [-0.2, 0) is 76.0 Å². The molecule has 0 saturated carbocycles. The molecule has 39 nitrogen and oxygen atoms in total. The van der Waals surface area contributed by atoms with Crippen LogP contribution in [0, 0.1) is 0 Å². The highest BCUT2D eigenvalue weighted by Gasteiger charge is 2.58. The Balaban J connectivity index is 1.13. The topological polar surface area (TPSA) is 612 Å². The normalized spacial score (nSPS) is 48.9. The fraction of sp³-hybridized carbons (Fsp3) is 0.938. The van der Waals surface area contributed by atoms with Crippen LogP contribution in [0.15, 0.2) is 0 Å². The molecule has 0 aromatic rings. The maximum Gasteiger partial charge on any atom is 0.217 e. The van der Waals surface area contributed by atoms with Crippen LogP contribution in [-0.4, -0.2) is 381 Å². The molecule has 0 bridgehead atoms. The van der Waals surface area contributed by atoms with E-state index in [1.807, 2.05) is 0 Å². The summed E-state index contributed by atoms with van der Waals surface area (Å²) >= 11 is 0. The predicted molar refractivity (Wildman–Crippen MR) is 267 cm³/mol. The number of hydrogen-bond donors (Lipinski definition) is 23. The van der Waals surface area contributed by atoms with Crippen molar-refractivity contribution in [1.82, 2.24) is 16.0 Å². The van der Waals surface area contributed by atoms with Gasteiger partial charge in [-0.2, -0.15) is 0 Å². The molecule has 39 heteroatoms. The lowest BCUT2D eigenvalue weighted by atomic mass is 9.94. The van der Waals surface area contributed by atoms with Crippen molar-refractivity contribution in [2.75, 3.05) is 46.2 Å². The highest BCUT2D eigenvalue weighted by Crippen LogP contribution is 2.36.